The average Bonchev–Trinajstić information content (AvgIpc) is 2.81. The van der Waals surface area contributed by atoms with Crippen LogP contribution in [0.1, 0.15) is 21.7 Å². The van der Waals surface area contributed by atoms with Crippen molar-refractivity contribution in [3.63, 3.8) is 0 Å². The summed E-state index contributed by atoms with van der Waals surface area (Å²) in [6.45, 7) is 1.30. The van der Waals surface area contributed by atoms with Crippen LogP contribution in [0.15, 0.2) is 30.5 Å². The van der Waals surface area contributed by atoms with E-state index in [0.717, 1.165) is 30.8 Å². The molecule has 1 atom stereocenters. The van der Waals surface area contributed by atoms with Gasteiger partial charge in [0.25, 0.3) is 5.91 Å². The molecule has 2 aromatic rings. The Morgan fingerprint density at radius 1 is 1.15 bits per heavy atom. The summed E-state index contributed by atoms with van der Waals surface area (Å²) in [5, 5.41) is 7.68. The van der Waals surface area contributed by atoms with Gasteiger partial charge in [0.1, 0.15) is 17.6 Å². The highest BCUT2D eigenvalue weighted by Gasteiger charge is 2.26. The van der Waals surface area contributed by atoms with E-state index in [9.17, 15) is 19.2 Å². The predicted molar refractivity (Wildman–Crippen MR) is 125 cm³/mol. The van der Waals surface area contributed by atoms with Crippen LogP contribution in [0.2, 0.25) is 5.02 Å². The Morgan fingerprint density at radius 3 is 2.59 bits per heavy atom. The van der Waals surface area contributed by atoms with Crippen LogP contribution in [0, 0.1) is 0 Å². The molecule has 0 aliphatic carbocycles. The Labute approximate surface area is 201 Å². The van der Waals surface area contributed by atoms with Gasteiger partial charge in [0.15, 0.2) is 0 Å². The van der Waals surface area contributed by atoms with Crippen molar-refractivity contribution in [3.8, 4) is 0 Å². The second-order valence-corrected chi connectivity index (χ2v) is 8.51. The Bertz CT molecular complexity index is 1090. The van der Waals surface area contributed by atoms with Crippen molar-refractivity contribution in [1.82, 2.24) is 30.4 Å². The van der Waals surface area contributed by atoms with Crippen molar-refractivity contribution in [3.05, 3.63) is 52.4 Å². The molecule has 3 N–H and O–H groups in total. The molecule has 3 heterocycles. The largest absolute Gasteiger partial charge is 0.347 e. The van der Waals surface area contributed by atoms with Gasteiger partial charge in [-0.15, -0.1) is 0 Å². The quantitative estimate of drug-likeness (QED) is 0.490. The summed E-state index contributed by atoms with van der Waals surface area (Å²) >= 11 is 5.75. The molecule has 11 nitrogen and oxygen atoms in total. The fourth-order valence-corrected chi connectivity index (χ4v) is 3.44. The first-order valence-electron chi connectivity index (χ1n) is 10.5. The van der Waals surface area contributed by atoms with Crippen LogP contribution >= 0.6 is 11.6 Å². The maximum Gasteiger partial charge on any atom is 0.314 e. The Morgan fingerprint density at radius 2 is 1.91 bits per heavy atom. The summed E-state index contributed by atoms with van der Waals surface area (Å²) in [5.41, 5.74) is 2.08. The van der Waals surface area contributed by atoms with E-state index in [2.05, 4.69) is 30.8 Å². The molecule has 0 saturated carbocycles. The van der Waals surface area contributed by atoms with E-state index in [1.165, 1.54) is 37.3 Å². The number of carbonyl (C=O) groups is 4. The summed E-state index contributed by atoms with van der Waals surface area (Å²) in [5.74, 6) is -2.82. The van der Waals surface area contributed by atoms with Gasteiger partial charge in [0.05, 0.1) is 5.02 Å². The average molecular weight is 488 g/mol. The van der Waals surface area contributed by atoms with Crippen LogP contribution in [0.5, 0.6) is 0 Å². The molecule has 0 spiro atoms. The van der Waals surface area contributed by atoms with Crippen LogP contribution in [-0.2, 0) is 27.3 Å². The van der Waals surface area contributed by atoms with Crippen molar-refractivity contribution >= 4 is 41.0 Å². The number of amides is 4. The van der Waals surface area contributed by atoms with Crippen LogP contribution < -0.4 is 16.0 Å². The summed E-state index contributed by atoms with van der Waals surface area (Å²) in [6.07, 6.45) is 2.05. The highest BCUT2D eigenvalue weighted by molar-refractivity contribution is 6.39. The number of rotatable bonds is 6. The minimum Gasteiger partial charge on any atom is -0.347 e. The first-order chi connectivity index (χ1) is 16.1. The number of aromatic nitrogens is 2. The number of hydrogen-bond donors (Lipinski definition) is 3. The van der Waals surface area contributed by atoms with Crippen molar-refractivity contribution in [2.45, 2.75) is 19.0 Å². The lowest BCUT2D eigenvalue weighted by molar-refractivity contribution is -0.136. The number of pyridine rings is 2. The SMILES string of the molecule is CN1CCc2nc(C(=O)N[C@@H](CNC(=O)C(=O)Nc3ccc(Cl)cn3)C(=O)N(C)C)ccc2C1. The summed E-state index contributed by atoms with van der Waals surface area (Å²) in [7, 11) is 5.06. The second-order valence-electron chi connectivity index (χ2n) is 8.07. The normalized spacial score (nSPS) is 13.9. The van der Waals surface area contributed by atoms with Crippen molar-refractivity contribution in [2.75, 3.05) is 39.5 Å². The molecular weight excluding hydrogens is 462 g/mol. The lowest BCUT2D eigenvalue weighted by Gasteiger charge is -2.25. The Hall–Kier alpha value is -3.57. The fourth-order valence-electron chi connectivity index (χ4n) is 3.33. The Kier molecular flexibility index (Phi) is 8.13. The maximum atomic E-state index is 12.8. The van der Waals surface area contributed by atoms with E-state index >= 15 is 0 Å². The smallest absolute Gasteiger partial charge is 0.314 e. The molecule has 2 aromatic heterocycles. The molecule has 0 radical (unpaired) electrons. The number of carbonyl (C=O) groups excluding carboxylic acids is 4. The molecule has 0 saturated heterocycles. The van der Waals surface area contributed by atoms with Crippen LogP contribution in [0.3, 0.4) is 0 Å². The molecule has 0 aromatic carbocycles. The Balaban J connectivity index is 1.63. The zero-order chi connectivity index (χ0) is 24.8. The van der Waals surface area contributed by atoms with Crippen LogP contribution in [0.4, 0.5) is 5.82 Å². The molecule has 4 amide bonds. The van der Waals surface area contributed by atoms with E-state index in [-0.39, 0.29) is 18.1 Å². The van der Waals surface area contributed by atoms with E-state index in [1.807, 2.05) is 13.1 Å². The maximum absolute atomic E-state index is 12.8. The number of nitrogens with zero attached hydrogens (tertiary/aromatic N) is 4. The zero-order valence-corrected chi connectivity index (χ0v) is 19.8. The number of nitrogens with one attached hydrogen (secondary N) is 3. The van der Waals surface area contributed by atoms with Gasteiger partial charge in [0.2, 0.25) is 5.91 Å². The highest BCUT2D eigenvalue weighted by atomic mass is 35.5. The van der Waals surface area contributed by atoms with Crippen LogP contribution in [0.25, 0.3) is 0 Å². The minimum absolute atomic E-state index is 0.142. The van der Waals surface area contributed by atoms with Gasteiger partial charge in [-0.05, 0) is 30.8 Å². The lowest BCUT2D eigenvalue weighted by Crippen LogP contribution is -2.53. The third-order valence-corrected chi connectivity index (χ3v) is 5.38. The van der Waals surface area contributed by atoms with E-state index in [0.29, 0.717) is 5.02 Å². The van der Waals surface area contributed by atoms with E-state index in [4.69, 9.17) is 11.6 Å². The molecule has 0 fully saturated rings. The van der Waals surface area contributed by atoms with Gasteiger partial charge in [-0.25, -0.2) is 9.97 Å². The second kappa shape index (κ2) is 11.0. The van der Waals surface area contributed by atoms with Gasteiger partial charge in [-0.3, -0.25) is 19.2 Å². The van der Waals surface area contributed by atoms with E-state index in [1.54, 1.807) is 6.07 Å². The molecule has 1 aliphatic heterocycles. The standard InChI is InChI=1S/C22H26ClN7O4/c1-29(2)22(34)17(11-25-20(32)21(33)28-18-7-5-14(23)10-24-18)27-19(31)16-6-4-13-12-30(3)9-8-15(13)26-16/h4-7,10,17H,8-9,11-12H2,1-3H3,(H,25,32)(H,27,31)(H,24,28,33)/t17-/m0/s1. The van der Waals surface area contributed by atoms with Crippen molar-refractivity contribution in [1.29, 1.82) is 0 Å². The topological polar surface area (TPSA) is 137 Å². The number of anilines is 1. The van der Waals surface area contributed by atoms with Crippen molar-refractivity contribution < 1.29 is 19.2 Å². The fraction of sp³-hybridized carbons (Fsp3) is 0.364. The third-order valence-electron chi connectivity index (χ3n) is 5.16. The first-order valence-corrected chi connectivity index (χ1v) is 10.9. The van der Waals surface area contributed by atoms with Gasteiger partial charge < -0.3 is 25.8 Å². The van der Waals surface area contributed by atoms with Crippen molar-refractivity contribution in [2.24, 2.45) is 0 Å². The highest BCUT2D eigenvalue weighted by Crippen LogP contribution is 2.16. The molecule has 34 heavy (non-hydrogen) atoms. The van der Waals surface area contributed by atoms with Gasteiger partial charge in [-0.2, -0.15) is 0 Å². The number of fused-ring (bicyclic) bond motifs is 1. The van der Waals surface area contributed by atoms with Gasteiger partial charge in [-0.1, -0.05) is 17.7 Å². The number of likely N-dealkylation sites (N-methyl/N-ethyl adjacent to an activating group) is 2. The third kappa shape index (κ3) is 6.49. The predicted octanol–water partition coefficient (Wildman–Crippen LogP) is 0.0594. The number of halogens is 1. The molecule has 12 heteroatoms. The summed E-state index contributed by atoms with van der Waals surface area (Å²) < 4.78 is 0. The van der Waals surface area contributed by atoms with Crippen LogP contribution in [-0.4, -0.2) is 83.7 Å². The van der Waals surface area contributed by atoms with E-state index < -0.39 is 29.7 Å². The molecule has 180 valence electrons. The first kappa shape index (κ1) is 25.1. The molecule has 0 bridgehead atoms. The minimum atomic E-state index is -1.10. The summed E-state index contributed by atoms with van der Waals surface area (Å²) in [4.78, 5) is 61.5. The number of hydrogen-bond acceptors (Lipinski definition) is 7. The molecule has 0 unspecified atom stereocenters. The monoisotopic (exact) mass is 487 g/mol. The lowest BCUT2D eigenvalue weighted by atomic mass is 10.1. The van der Waals surface area contributed by atoms with Gasteiger partial charge in [0, 0.05) is 52.0 Å². The zero-order valence-electron chi connectivity index (χ0n) is 19.1. The molecule has 1 aliphatic rings. The molecular formula is C22H26ClN7O4. The van der Waals surface area contributed by atoms with Gasteiger partial charge >= 0.3 is 11.8 Å². The molecule has 3 rings (SSSR count). The summed E-state index contributed by atoms with van der Waals surface area (Å²) in [6, 6.07) is 5.31.